The van der Waals surface area contributed by atoms with E-state index in [0.717, 1.165) is 22.4 Å². The average molecular weight is 401 g/mol. The zero-order valence-corrected chi connectivity index (χ0v) is 15.2. The monoisotopic (exact) mass is 400 g/mol. The first-order valence-electron chi connectivity index (χ1n) is 7.99. The van der Waals surface area contributed by atoms with E-state index in [0.29, 0.717) is 26.9 Å². The Labute approximate surface area is 159 Å². The minimum absolute atomic E-state index is 0.344. The SMILES string of the molecule is N#Cc1c(Br)nc(N)c2c(-c3ccccc3)cc(-c3ccccc3)nc12. The summed E-state index contributed by atoms with van der Waals surface area (Å²) in [5.41, 5.74) is 10.8. The quantitative estimate of drug-likeness (QED) is 0.470. The molecule has 124 valence electrons. The molecule has 0 fully saturated rings. The van der Waals surface area contributed by atoms with Crippen LogP contribution >= 0.6 is 15.9 Å². The Morgan fingerprint density at radius 3 is 2.12 bits per heavy atom. The zero-order chi connectivity index (χ0) is 18.1. The van der Waals surface area contributed by atoms with Crippen LogP contribution in [0.3, 0.4) is 0 Å². The summed E-state index contributed by atoms with van der Waals surface area (Å²) in [5, 5.41) is 10.3. The number of hydrogen-bond donors (Lipinski definition) is 1. The average Bonchev–Trinajstić information content (AvgIpc) is 2.68. The van der Waals surface area contributed by atoms with Crippen molar-refractivity contribution in [2.45, 2.75) is 0 Å². The smallest absolute Gasteiger partial charge is 0.134 e. The Hall–Kier alpha value is -3.23. The van der Waals surface area contributed by atoms with Crippen molar-refractivity contribution in [3.8, 4) is 28.5 Å². The third kappa shape index (κ3) is 2.71. The van der Waals surface area contributed by atoms with Crippen molar-refractivity contribution in [3.05, 3.63) is 76.9 Å². The van der Waals surface area contributed by atoms with Crippen LogP contribution in [0.1, 0.15) is 5.56 Å². The van der Waals surface area contributed by atoms with E-state index in [1.165, 1.54) is 0 Å². The van der Waals surface area contributed by atoms with Gasteiger partial charge in [0.15, 0.2) is 0 Å². The van der Waals surface area contributed by atoms with Gasteiger partial charge in [0.1, 0.15) is 22.1 Å². The van der Waals surface area contributed by atoms with Crippen LogP contribution in [0, 0.1) is 11.3 Å². The van der Waals surface area contributed by atoms with Crippen LogP contribution in [-0.2, 0) is 0 Å². The van der Waals surface area contributed by atoms with Gasteiger partial charge in [-0.05, 0) is 33.1 Å². The second-order valence-corrected chi connectivity index (χ2v) is 6.54. The number of nitriles is 1. The van der Waals surface area contributed by atoms with Gasteiger partial charge in [0.05, 0.1) is 16.6 Å². The lowest BCUT2D eigenvalue weighted by Crippen LogP contribution is -2.00. The van der Waals surface area contributed by atoms with Crippen molar-refractivity contribution in [2.24, 2.45) is 0 Å². The fraction of sp³-hybridized carbons (Fsp3) is 0. The van der Waals surface area contributed by atoms with Crippen molar-refractivity contribution < 1.29 is 0 Å². The topological polar surface area (TPSA) is 75.6 Å². The highest BCUT2D eigenvalue weighted by atomic mass is 79.9. The van der Waals surface area contributed by atoms with E-state index < -0.39 is 0 Å². The number of hydrogen-bond acceptors (Lipinski definition) is 4. The fourth-order valence-electron chi connectivity index (χ4n) is 3.00. The van der Waals surface area contributed by atoms with Crippen molar-refractivity contribution in [1.82, 2.24) is 9.97 Å². The van der Waals surface area contributed by atoms with Crippen LogP contribution in [0.4, 0.5) is 5.82 Å². The van der Waals surface area contributed by atoms with E-state index in [1.54, 1.807) is 0 Å². The first-order valence-corrected chi connectivity index (χ1v) is 8.79. The zero-order valence-electron chi connectivity index (χ0n) is 13.6. The second-order valence-electron chi connectivity index (χ2n) is 5.79. The molecule has 5 heteroatoms. The van der Waals surface area contributed by atoms with Gasteiger partial charge in [-0.1, -0.05) is 60.7 Å². The second kappa shape index (κ2) is 6.58. The molecule has 0 aliphatic rings. The maximum Gasteiger partial charge on any atom is 0.134 e. The molecule has 0 radical (unpaired) electrons. The lowest BCUT2D eigenvalue weighted by Gasteiger charge is -2.13. The van der Waals surface area contributed by atoms with Gasteiger partial charge in [0.2, 0.25) is 0 Å². The van der Waals surface area contributed by atoms with E-state index in [2.05, 4.69) is 27.0 Å². The van der Waals surface area contributed by atoms with Crippen LogP contribution < -0.4 is 5.73 Å². The summed E-state index contributed by atoms with van der Waals surface area (Å²) in [5.74, 6) is 0.344. The molecular weight excluding hydrogens is 388 g/mol. The number of nitrogens with zero attached hydrogens (tertiary/aromatic N) is 3. The van der Waals surface area contributed by atoms with Crippen LogP contribution in [-0.4, -0.2) is 9.97 Å². The fourth-order valence-corrected chi connectivity index (χ4v) is 3.47. The van der Waals surface area contributed by atoms with Gasteiger partial charge >= 0.3 is 0 Å². The first-order chi connectivity index (χ1) is 12.7. The standard InChI is InChI=1S/C21H13BrN4/c22-20-16(12-23)19-18(21(24)26-20)15(13-7-3-1-4-8-13)11-17(25-19)14-9-5-2-6-10-14/h1-11H,(H2,24,26). The van der Waals surface area contributed by atoms with E-state index in [9.17, 15) is 5.26 Å². The molecule has 2 aromatic carbocycles. The Morgan fingerprint density at radius 2 is 1.50 bits per heavy atom. The van der Waals surface area contributed by atoms with Gasteiger partial charge in [-0.3, -0.25) is 0 Å². The van der Waals surface area contributed by atoms with Gasteiger partial charge in [-0.2, -0.15) is 5.26 Å². The predicted molar refractivity (Wildman–Crippen MR) is 107 cm³/mol. The minimum Gasteiger partial charge on any atom is -0.383 e. The molecule has 2 N–H and O–H groups in total. The minimum atomic E-state index is 0.344. The van der Waals surface area contributed by atoms with Crippen molar-refractivity contribution in [1.29, 1.82) is 5.26 Å². The van der Waals surface area contributed by atoms with Gasteiger partial charge in [0, 0.05) is 5.56 Å². The summed E-state index contributed by atoms with van der Waals surface area (Å²) in [6, 6.07) is 24.0. The Kier molecular flexibility index (Phi) is 4.11. The molecule has 0 saturated carbocycles. The third-order valence-corrected chi connectivity index (χ3v) is 4.78. The van der Waals surface area contributed by atoms with Crippen molar-refractivity contribution in [2.75, 3.05) is 5.73 Å². The molecule has 0 saturated heterocycles. The van der Waals surface area contributed by atoms with Gasteiger partial charge in [0.25, 0.3) is 0 Å². The predicted octanol–water partition coefficient (Wildman–Crippen LogP) is 5.18. The number of benzene rings is 2. The summed E-state index contributed by atoms with van der Waals surface area (Å²) in [6.45, 7) is 0. The van der Waals surface area contributed by atoms with Gasteiger partial charge in [-0.25, -0.2) is 9.97 Å². The molecule has 0 unspecified atom stereocenters. The van der Waals surface area contributed by atoms with Crippen LogP contribution in [0.2, 0.25) is 0 Å². The molecule has 2 heterocycles. The largest absolute Gasteiger partial charge is 0.383 e. The third-order valence-electron chi connectivity index (χ3n) is 4.20. The van der Waals surface area contributed by atoms with Crippen LogP contribution in [0.5, 0.6) is 0 Å². The summed E-state index contributed by atoms with van der Waals surface area (Å²) < 4.78 is 0.404. The Bertz CT molecular complexity index is 1150. The highest BCUT2D eigenvalue weighted by Crippen LogP contribution is 2.37. The lowest BCUT2D eigenvalue weighted by molar-refractivity contribution is 1.26. The molecule has 4 nitrogen and oxygen atoms in total. The molecule has 0 atom stereocenters. The maximum absolute atomic E-state index is 9.63. The van der Waals surface area contributed by atoms with E-state index in [4.69, 9.17) is 10.7 Å². The lowest BCUT2D eigenvalue weighted by atomic mass is 9.97. The van der Waals surface area contributed by atoms with Crippen LogP contribution in [0.15, 0.2) is 71.3 Å². The molecule has 4 rings (SSSR count). The molecule has 26 heavy (non-hydrogen) atoms. The molecule has 4 aromatic rings. The summed E-state index contributed by atoms with van der Waals surface area (Å²) >= 11 is 3.34. The van der Waals surface area contributed by atoms with Gasteiger partial charge in [-0.15, -0.1) is 0 Å². The van der Waals surface area contributed by atoms with E-state index >= 15 is 0 Å². The molecule has 0 amide bonds. The highest BCUT2D eigenvalue weighted by molar-refractivity contribution is 9.10. The van der Waals surface area contributed by atoms with Crippen LogP contribution in [0.25, 0.3) is 33.3 Å². The number of nitrogens with two attached hydrogens (primary N) is 1. The Balaban J connectivity index is 2.16. The maximum atomic E-state index is 9.63. The summed E-state index contributed by atoms with van der Waals surface area (Å²) in [4.78, 5) is 9.04. The summed E-state index contributed by atoms with van der Waals surface area (Å²) in [6.07, 6.45) is 0. The molecule has 0 bridgehead atoms. The van der Waals surface area contributed by atoms with Crippen molar-refractivity contribution in [3.63, 3.8) is 0 Å². The number of aromatic nitrogens is 2. The summed E-state index contributed by atoms with van der Waals surface area (Å²) in [7, 11) is 0. The van der Waals surface area contributed by atoms with E-state index in [-0.39, 0.29) is 0 Å². The van der Waals surface area contributed by atoms with Gasteiger partial charge < -0.3 is 5.73 Å². The molecular formula is C21H13BrN4. The number of halogens is 1. The number of anilines is 1. The molecule has 2 aromatic heterocycles. The molecule has 0 spiro atoms. The number of fused-ring (bicyclic) bond motifs is 1. The van der Waals surface area contributed by atoms with E-state index in [1.807, 2.05) is 66.7 Å². The number of pyridine rings is 2. The normalized spacial score (nSPS) is 10.6. The molecule has 0 aliphatic heterocycles. The number of rotatable bonds is 2. The Morgan fingerprint density at radius 1 is 0.885 bits per heavy atom. The highest BCUT2D eigenvalue weighted by Gasteiger charge is 2.18. The number of nitrogen functional groups attached to an aromatic ring is 1. The first kappa shape index (κ1) is 16.2. The van der Waals surface area contributed by atoms with Crippen molar-refractivity contribution >= 4 is 32.7 Å². The molecule has 0 aliphatic carbocycles.